The van der Waals surface area contributed by atoms with Gasteiger partial charge in [-0.25, -0.2) is 5.43 Å². The number of amides is 2. The first-order valence-corrected chi connectivity index (χ1v) is 12.3. The number of nitrogens with zero attached hydrogens (tertiary/aromatic N) is 2. The van der Waals surface area contributed by atoms with Crippen molar-refractivity contribution in [3.05, 3.63) is 80.9 Å². The number of carbonyl (C=O) groups excluding carboxylic acids is 2. The number of nitriles is 1. The van der Waals surface area contributed by atoms with E-state index in [0.29, 0.717) is 40.7 Å². The summed E-state index contributed by atoms with van der Waals surface area (Å²) in [4.78, 5) is 24.2. The molecule has 0 saturated heterocycles. The molecule has 3 aromatic carbocycles. The second kappa shape index (κ2) is 13.8. The average Bonchev–Trinajstić information content (AvgIpc) is 2.89. The molecule has 9 nitrogen and oxygen atoms in total. The van der Waals surface area contributed by atoms with Gasteiger partial charge in [-0.15, -0.1) is 0 Å². The summed E-state index contributed by atoms with van der Waals surface area (Å²) in [5.41, 5.74) is 4.88. The van der Waals surface area contributed by atoms with Gasteiger partial charge in [-0.3, -0.25) is 9.59 Å². The van der Waals surface area contributed by atoms with E-state index < -0.39 is 11.8 Å². The number of methoxy groups -OCH3 is 1. The molecule has 0 atom stereocenters. The number of anilines is 1. The minimum atomic E-state index is -0.558. The molecule has 0 radical (unpaired) electrons. The Morgan fingerprint density at radius 1 is 1.08 bits per heavy atom. The maximum atomic E-state index is 12.1. The van der Waals surface area contributed by atoms with Gasteiger partial charge in [0.15, 0.2) is 11.5 Å². The lowest BCUT2D eigenvalue weighted by atomic mass is 10.1. The summed E-state index contributed by atoms with van der Waals surface area (Å²) in [7, 11) is 1.52. The van der Waals surface area contributed by atoms with E-state index in [1.165, 1.54) is 13.3 Å². The van der Waals surface area contributed by atoms with Crippen molar-refractivity contribution in [2.24, 2.45) is 5.10 Å². The predicted molar refractivity (Wildman–Crippen MR) is 148 cm³/mol. The Morgan fingerprint density at radius 2 is 1.84 bits per heavy atom. The molecule has 37 heavy (non-hydrogen) atoms. The Bertz CT molecular complexity index is 1320. The Kier molecular flexibility index (Phi) is 10.3. The van der Waals surface area contributed by atoms with Crippen LogP contribution in [0.5, 0.6) is 17.2 Å². The van der Waals surface area contributed by atoms with Crippen molar-refractivity contribution in [3.63, 3.8) is 0 Å². The van der Waals surface area contributed by atoms with Gasteiger partial charge in [-0.05, 0) is 77.5 Å². The minimum absolute atomic E-state index is 0.207. The Labute approximate surface area is 228 Å². The molecule has 0 heterocycles. The molecule has 190 valence electrons. The van der Waals surface area contributed by atoms with Gasteiger partial charge < -0.3 is 19.5 Å². The second-order valence-corrected chi connectivity index (χ2v) is 8.73. The van der Waals surface area contributed by atoms with Crippen molar-refractivity contribution in [1.82, 2.24) is 5.43 Å². The highest BCUT2D eigenvalue weighted by atomic mass is 127. The van der Waals surface area contributed by atoms with Gasteiger partial charge in [0, 0.05) is 11.3 Å². The fourth-order valence-corrected chi connectivity index (χ4v) is 4.01. The number of nitrogens with one attached hydrogen (secondary N) is 2. The van der Waals surface area contributed by atoms with Crippen molar-refractivity contribution >= 4 is 46.3 Å². The molecule has 3 rings (SSSR count). The SMILES string of the molecule is CCOc1ccc(NC(=O)CC(=O)NN=Cc2cc(I)c(OCc3ccccc3C#N)c(OC)c2)cc1. The predicted octanol–water partition coefficient (Wildman–Crippen LogP) is 4.63. The van der Waals surface area contributed by atoms with Crippen LogP contribution < -0.4 is 25.0 Å². The molecule has 0 aliphatic carbocycles. The maximum Gasteiger partial charge on any atom is 0.249 e. The third-order valence-electron chi connectivity index (χ3n) is 4.93. The van der Waals surface area contributed by atoms with Gasteiger partial charge in [0.1, 0.15) is 18.8 Å². The van der Waals surface area contributed by atoms with Crippen molar-refractivity contribution in [2.45, 2.75) is 20.0 Å². The second-order valence-electron chi connectivity index (χ2n) is 7.57. The number of hydrazone groups is 1. The number of hydrogen-bond acceptors (Lipinski definition) is 7. The topological polar surface area (TPSA) is 122 Å². The summed E-state index contributed by atoms with van der Waals surface area (Å²) in [5, 5.41) is 15.9. The monoisotopic (exact) mass is 612 g/mol. The number of benzene rings is 3. The van der Waals surface area contributed by atoms with E-state index in [4.69, 9.17) is 14.2 Å². The molecule has 0 saturated carbocycles. The zero-order valence-electron chi connectivity index (χ0n) is 20.3. The molecule has 2 N–H and O–H groups in total. The Balaban J connectivity index is 1.55. The molecular formula is C27H25IN4O5. The van der Waals surface area contributed by atoms with E-state index in [1.807, 2.05) is 25.1 Å². The summed E-state index contributed by atoms with van der Waals surface area (Å²) in [6.45, 7) is 2.64. The highest BCUT2D eigenvalue weighted by Gasteiger charge is 2.13. The molecule has 0 aliphatic rings. The first-order valence-electron chi connectivity index (χ1n) is 11.3. The summed E-state index contributed by atoms with van der Waals surface area (Å²) in [6.07, 6.45) is 1.06. The molecule has 3 aromatic rings. The van der Waals surface area contributed by atoms with Crippen LogP contribution in [0.3, 0.4) is 0 Å². The zero-order valence-corrected chi connectivity index (χ0v) is 22.4. The minimum Gasteiger partial charge on any atom is -0.494 e. The highest BCUT2D eigenvalue weighted by Crippen LogP contribution is 2.34. The standard InChI is InChI=1S/C27H25IN4O5/c1-3-36-22-10-8-21(9-11-22)31-25(33)14-26(34)32-30-16-18-12-23(28)27(24(13-18)35-2)37-17-20-7-5-4-6-19(20)15-29/h4-13,16H,3,14,17H2,1-2H3,(H,31,33)(H,32,34). The molecule has 10 heteroatoms. The largest absolute Gasteiger partial charge is 0.494 e. The van der Waals surface area contributed by atoms with Crippen LogP contribution in [0.4, 0.5) is 5.69 Å². The fraction of sp³-hybridized carbons (Fsp3) is 0.185. The van der Waals surface area contributed by atoms with Crippen LogP contribution >= 0.6 is 22.6 Å². The first kappa shape index (κ1) is 27.5. The van der Waals surface area contributed by atoms with Crippen molar-refractivity contribution in [2.75, 3.05) is 19.0 Å². The van der Waals surface area contributed by atoms with Gasteiger partial charge in [0.2, 0.25) is 11.8 Å². The van der Waals surface area contributed by atoms with Crippen LogP contribution in [-0.4, -0.2) is 31.7 Å². The van der Waals surface area contributed by atoms with Crippen LogP contribution in [0.25, 0.3) is 0 Å². The van der Waals surface area contributed by atoms with Gasteiger partial charge in [-0.1, -0.05) is 18.2 Å². The van der Waals surface area contributed by atoms with Gasteiger partial charge in [0.25, 0.3) is 0 Å². The molecule has 0 fully saturated rings. The summed E-state index contributed by atoms with van der Waals surface area (Å²) >= 11 is 2.11. The number of carbonyl (C=O) groups is 2. The molecular weight excluding hydrogens is 587 g/mol. The third-order valence-corrected chi connectivity index (χ3v) is 5.74. The van der Waals surface area contributed by atoms with E-state index in [9.17, 15) is 14.9 Å². The van der Waals surface area contributed by atoms with Crippen LogP contribution in [0, 0.1) is 14.9 Å². The molecule has 0 unspecified atom stereocenters. The van der Waals surface area contributed by atoms with Crippen molar-refractivity contribution in [1.29, 1.82) is 5.26 Å². The lowest BCUT2D eigenvalue weighted by molar-refractivity contribution is -0.126. The maximum absolute atomic E-state index is 12.1. The molecule has 0 bridgehead atoms. The van der Waals surface area contributed by atoms with E-state index in [1.54, 1.807) is 42.5 Å². The zero-order chi connectivity index (χ0) is 26.6. The van der Waals surface area contributed by atoms with Crippen LogP contribution in [0.2, 0.25) is 0 Å². The Morgan fingerprint density at radius 3 is 2.54 bits per heavy atom. The molecule has 0 aromatic heterocycles. The molecule has 2 amide bonds. The smallest absolute Gasteiger partial charge is 0.249 e. The van der Waals surface area contributed by atoms with Gasteiger partial charge >= 0.3 is 0 Å². The summed E-state index contributed by atoms with van der Waals surface area (Å²) in [5.74, 6) is 0.680. The fourth-order valence-electron chi connectivity index (χ4n) is 3.23. The number of ether oxygens (including phenoxy) is 3. The molecule has 0 spiro atoms. The van der Waals surface area contributed by atoms with E-state index in [0.717, 1.165) is 9.13 Å². The first-order chi connectivity index (χ1) is 17.9. The Hall–Kier alpha value is -4.11. The third kappa shape index (κ3) is 8.22. The quantitative estimate of drug-likeness (QED) is 0.141. The van der Waals surface area contributed by atoms with Gasteiger partial charge in [-0.2, -0.15) is 10.4 Å². The number of hydrogen-bond donors (Lipinski definition) is 2. The lowest BCUT2D eigenvalue weighted by Crippen LogP contribution is -2.24. The van der Waals surface area contributed by atoms with Crippen LogP contribution in [0.15, 0.2) is 65.8 Å². The summed E-state index contributed by atoms with van der Waals surface area (Å²) in [6, 6.07) is 19.8. The van der Waals surface area contributed by atoms with Crippen molar-refractivity contribution < 1.29 is 23.8 Å². The van der Waals surface area contributed by atoms with Crippen LogP contribution in [-0.2, 0) is 16.2 Å². The van der Waals surface area contributed by atoms with E-state index in [-0.39, 0.29) is 13.0 Å². The normalized spacial score (nSPS) is 10.4. The number of rotatable bonds is 11. The van der Waals surface area contributed by atoms with Crippen LogP contribution in [0.1, 0.15) is 30.0 Å². The van der Waals surface area contributed by atoms with Gasteiger partial charge in [0.05, 0.1) is 35.1 Å². The lowest BCUT2D eigenvalue weighted by Gasteiger charge is -2.14. The summed E-state index contributed by atoms with van der Waals surface area (Å²) < 4.78 is 17.5. The van der Waals surface area contributed by atoms with E-state index in [2.05, 4.69) is 44.5 Å². The number of halogens is 1. The van der Waals surface area contributed by atoms with E-state index >= 15 is 0 Å². The highest BCUT2D eigenvalue weighted by molar-refractivity contribution is 14.1. The molecule has 0 aliphatic heterocycles. The van der Waals surface area contributed by atoms with Crippen molar-refractivity contribution in [3.8, 4) is 23.3 Å². The average molecular weight is 612 g/mol.